The quantitative estimate of drug-likeness (QED) is 0.644. The smallest absolute Gasteiger partial charge is 0.265 e. The maximum absolute atomic E-state index is 14.6. The van der Waals surface area contributed by atoms with Crippen molar-refractivity contribution in [3.63, 3.8) is 0 Å². The summed E-state index contributed by atoms with van der Waals surface area (Å²) in [6, 6.07) is 2.82. The largest absolute Gasteiger partial charge is 0.493 e. The van der Waals surface area contributed by atoms with E-state index in [1.807, 2.05) is 4.31 Å². The Kier molecular flexibility index (Phi) is 5.78. The van der Waals surface area contributed by atoms with Gasteiger partial charge in [-0.1, -0.05) is 0 Å². The monoisotopic (exact) mass is 414 g/mol. The minimum atomic E-state index is -2.63. The molecule has 1 aromatic rings. The number of carbonyl (C=O) groups is 1. The first-order chi connectivity index (χ1) is 13.4. The molecule has 154 valence electrons. The summed E-state index contributed by atoms with van der Waals surface area (Å²) in [5.41, 5.74) is 0.814. The van der Waals surface area contributed by atoms with Gasteiger partial charge in [0.05, 0.1) is 12.2 Å². The highest BCUT2D eigenvalue weighted by Gasteiger charge is 2.37. The SMILES string of the molecule is O=C(NSN1CCC1)c1cc(C2CC2)c(OCC2CCCC(F)(F)C2)cc1F. The molecule has 1 N–H and O–H groups in total. The first kappa shape index (κ1) is 19.9. The molecule has 3 aliphatic rings. The van der Waals surface area contributed by atoms with Crippen LogP contribution >= 0.6 is 12.1 Å². The van der Waals surface area contributed by atoms with Gasteiger partial charge in [0.1, 0.15) is 11.6 Å². The zero-order chi connectivity index (χ0) is 19.7. The summed E-state index contributed by atoms with van der Waals surface area (Å²) < 4.78 is 52.3. The molecule has 4 nitrogen and oxygen atoms in total. The molecule has 2 saturated carbocycles. The van der Waals surface area contributed by atoms with E-state index >= 15 is 0 Å². The first-order valence-corrected chi connectivity index (χ1v) is 10.7. The number of alkyl halides is 2. The van der Waals surface area contributed by atoms with Gasteiger partial charge in [-0.15, -0.1) is 0 Å². The van der Waals surface area contributed by atoms with Gasteiger partial charge in [0.25, 0.3) is 5.91 Å². The van der Waals surface area contributed by atoms with Gasteiger partial charge in [0.2, 0.25) is 5.92 Å². The number of nitrogens with one attached hydrogen (secondary N) is 1. The molecule has 1 atom stereocenters. The highest BCUT2D eigenvalue weighted by molar-refractivity contribution is 7.95. The fourth-order valence-corrected chi connectivity index (χ4v) is 4.51. The average Bonchev–Trinajstić information content (AvgIpc) is 3.42. The van der Waals surface area contributed by atoms with Gasteiger partial charge in [0.15, 0.2) is 0 Å². The minimum absolute atomic E-state index is 0.00599. The number of nitrogens with zero attached hydrogens (tertiary/aromatic N) is 1. The summed E-state index contributed by atoms with van der Waals surface area (Å²) in [6.45, 7) is 1.98. The summed E-state index contributed by atoms with van der Waals surface area (Å²) in [7, 11) is 0. The molecular weight excluding hydrogens is 389 g/mol. The lowest BCUT2D eigenvalue weighted by Crippen LogP contribution is -2.35. The molecular formula is C20H25F3N2O2S. The van der Waals surface area contributed by atoms with E-state index in [1.165, 1.54) is 18.2 Å². The van der Waals surface area contributed by atoms with Crippen molar-refractivity contribution in [3.8, 4) is 5.75 Å². The Balaban J connectivity index is 1.43. The van der Waals surface area contributed by atoms with Gasteiger partial charge >= 0.3 is 0 Å². The number of hydrogen-bond acceptors (Lipinski definition) is 4. The van der Waals surface area contributed by atoms with Crippen LogP contribution in [0.3, 0.4) is 0 Å². The van der Waals surface area contributed by atoms with Crippen LogP contribution < -0.4 is 9.46 Å². The van der Waals surface area contributed by atoms with E-state index in [9.17, 15) is 18.0 Å². The second kappa shape index (κ2) is 8.14. The van der Waals surface area contributed by atoms with E-state index in [2.05, 4.69) is 4.72 Å². The second-order valence-corrected chi connectivity index (χ2v) is 8.98. The number of rotatable bonds is 7. The highest BCUT2D eigenvalue weighted by Crippen LogP contribution is 2.45. The Morgan fingerprint density at radius 1 is 1.25 bits per heavy atom. The van der Waals surface area contributed by atoms with Gasteiger partial charge < -0.3 is 4.74 Å². The zero-order valence-electron chi connectivity index (χ0n) is 15.7. The van der Waals surface area contributed by atoms with Crippen molar-refractivity contribution in [2.45, 2.75) is 56.8 Å². The predicted molar refractivity (Wildman–Crippen MR) is 102 cm³/mol. The van der Waals surface area contributed by atoms with Crippen LogP contribution in [0.2, 0.25) is 0 Å². The van der Waals surface area contributed by atoms with E-state index in [-0.39, 0.29) is 36.8 Å². The van der Waals surface area contributed by atoms with Crippen molar-refractivity contribution >= 4 is 18.0 Å². The van der Waals surface area contributed by atoms with Crippen molar-refractivity contribution < 1.29 is 22.7 Å². The Hall–Kier alpha value is -1.41. The average molecular weight is 414 g/mol. The van der Waals surface area contributed by atoms with Gasteiger partial charge in [-0.3, -0.25) is 9.52 Å². The summed E-state index contributed by atoms with van der Waals surface area (Å²) in [5, 5.41) is 0. The van der Waals surface area contributed by atoms with E-state index in [0.717, 1.165) is 37.9 Å². The van der Waals surface area contributed by atoms with Gasteiger partial charge in [-0.2, -0.15) is 0 Å². The molecule has 1 saturated heterocycles. The number of ether oxygens (including phenoxy) is 1. The minimum Gasteiger partial charge on any atom is -0.493 e. The molecule has 1 aromatic carbocycles. The molecule has 0 spiro atoms. The molecule has 2 aliphatic carbocycles. The lowest BCUT2D eigenvalue weighted by Gasteiger charge is -2.29. The van der Waals surface area contributed by atoms with E-state index < -0.39 is 17.6 Å². The fraction of sp³-hybridized carbons (Fsp3) is 0.650. The molecule has 1 aliphatic heterocycles. The maximum Gasteiger partial charge on any atom is 0.265 e. The van der Waals surface area contributed by atoms with Crippen molar-refractivity contribution in [3.05, 3.63) is 29.1 Å². The molecule has 0 aromatic heterocycles. The summed E-state index contributed by atoms with van der Waals surface area (Å²) in [6.07, 6.45) is 3.97. The maximum atomic E-state index is 14.6. The Labute approximate surface area is 167 Å². The van der Waals surface area contributed by atoms with E-state index in [1.54, 1.807) is 6.07 Å². The summed E-state index contributed by atoms with van der Waals surface area (Å²) in [5.74, 6) is -3.33. The Morgan fingerprint density at radius 3 is 2.68 bits per heavy atom. The van der Waals surface area contributed by atoms with Crippen molar-refractivity contribution in [1.82, 2.24) is 9.03 Å². The first-order valence-electron chi connectivity index (χ1n) is 9.97. The lowest BCUT2D eigenvalue weighted by molar-refractivity contribution is -0.0586. The number of halogens is 3. The molecule has 0 radical (unpaired) electrons. The Bertz CT molecular complexity index is 738. The molecule has 0 bridgehead atoms. The third-order valence-corrected chi connectivity index (χ3v) is 6.56. The van der Waals surface area contributed by atoms with Crippen LogP contribution in [0.1, 0.15) is 66.8 Å². The van der Waals surface area contributed by atoms with Gasteiger partial charge in [-0.05, 0) is 55.6 Å². The van der Waals surface area contributed by atoms with Crippen molar-refractivity contribution in [2.75, 3.05) is 19.7 Å². The zero-order valence-corrected chi connectivity index (χ0v) is 16.5. The second-order valence-electron chi connectivity index (χ2n) is 8.08. The van der Waals surface area contributed by atoms with Crippen LogP contribution in [-0.2, 0) is 0 Å². The number of benzene rings is 1. The third-order valence-electron chi connectivity index (χ3n) is 5.66. The topological polar surface area (TPSA) is 41.6 Å². The van der Waals surface area contributed by atoms with Crippen LogP contribution in [0, 0.1) is 11.7 Å². The van der Waals surface area contributed by atoms with Crippen molar-refractivity contribution in [2.24, 2.45) is 5.92 Å². The number of hydrogen-bond donors (Lipinski definition) is 1. The fourth-order valence-electron chi connectivity index (χ4n) is 3.75. The van der Waals surface area contributed by atoms with Crippen LogP contribution in [0.15, 0.2) is 12.1 Å². The van der Waals surface area contributed by atoms with Crippen LogP contribution in [0.25, 0.3) is 0 Å². The third kappa shape index (κ3) is 4.76. The van der Waals surface area contributed by atoms with Crippen LogP contribution in [0.4, 0.5) is 13.2 Å². The highest BCUT2D eigenvalue weighted by atomic mass is 32.2. The number of amides is 1. The standard InChI is InChI=1S/C20H25F3N2O2S/c21-17-10-18(27-12-13-3-1-6-20(22,23)11-13)15(14-4-5-14)9-16(17)19(26)24-28-25-7-2-8-25/h9-10,13-14H,1-8,11-12H2,(H,24,26). The normalized spacial score (nSPS) is 24.5. The van der Waals surface area contributed by atoms with Crippen LogP contribution in [0.5, 0.6) is 5.75 Å². The molecule has 3 fully saturated rings. The molecule has 1 heterocycles. The van der Waals surface area contributed by atoms with Gasteiger partial charge in [-0.25, -0.2) is 17.5 Å². The number of carbonyl (C=O) groups excluding carboxylic acids is 1. The van der Waals surface area contributed by atoms with Gasteiger partial charge in [0, 0.05) is 44.1 Å². The van der Waals surface area contributed by atoms with Crippen LogP contribution in [-0.4, -0.2) is 35.8 Å². The predicted octanol–water partition coefficient (Wildman–Crippen LogP) is 4.91. The molecule has 4 rings (SSSR count). The Morgan fingerprint density at radius 2 is 2.04 bits per heavy atom. The van der Waals surface area contributed by atoms with Crippen molar-refractivity contribution in [1.29, 1.82) is 0 Å². The molecule has 8 heteroatoms. The molecule has 1 amide bonds. The van der Waals surface area contributed by atoms with E-state index in [4.69, 9.17) is 4.74 Å². The lowest BCUT2D eigenvalue weighted by atomic mass is 9.87. The summed E-state index contributed by atoms with van der Waals surface area (Å²) >= 11 is 1.20. The molecule has 1 unspecified atom stereocenters. The summed E-state index contributed by atoms with van der Waals surface area (Å²) in [4.78, 5) is 12.4. The molecule has 28 heavy (non-hydrogen) atoms. The van der Waals surface area contributed by atoms with E-state index in [0.29, 0.717) is 18.6 Å².